The van der Waals surface area contributed by atoms with Crippen LogP contribution in [-0.4, -0.2) is 75.3 Å². The van der Waals surface area contributed by atoms with Gasteiger partial charge in [0, 0.05) is 38.8 Å². The second kappa shape index (κ2) is 6.56. The molecule has 1 unspecified atom stereocenters. The third-order valence-electron chi connectivity index (χ3n) is 4.78. The van der Waals surface area contributed by atoms with Gasteiger partial charge >= 0.3 is 0 Å². The zero-order valence-corrected chi connectivity index (χ0v) is 13.1. The summed E-state index contributed by atoms with van der Waals surface area (Å²) in [6, 6.07) is 1.33. The molecule has 0 spiro atoms. The summed E-state index contributed by atoms with van der Waals surface area (Å²) in [5.74, 6) is 1.04. The molecule has 1 N–H and O–H groups in total. The fourth-order valence-corrected chi connectivity index (χ4v) is 3.36. The highest BCUT2D eigenvalue weighted by Crippen LogP contribution is 2.34. The SMILES string of the molecule is C1CC(N2CCN(Cc3nnnn3C3CC3)CC2)CN1.Cl. The van der Waals surface area contributed by atoms with E-state index in [0.717, 1.165) is 31.5 Å². The Labute approximate surface area is 131 Å². The summed E-state index contributed by atoms with van der Waals surface area (Å²) in [6.07, 6.45) is 3.78. The summed E-state index contributed by atoms with van der Waals surface area (Å²) in [5.41, 5.74) is 0. The number of nitrogens with one attached hydrogen (secondary N) is 1. The zero-order chi connectivity index (χ0) is 13.4. The molecule has 2 aliphatic heterocycles. The van der Waals surface area contributed by atoms with Crippen LogP contribution in [-0.2, 0) is 6.54 Å². The lowest BCUT2D eigenvalue weighted by Crippen LogP contribution is -2.50. The monoisotopic (exact) mass is 313 g/mol. The minimum absolute atomic E-state index is 0. The van der Waals surface area contributed by atoms with Crippen molar-refractivity contribution >= 4 is 12.4 Å². The lowest BCUT2D eigenvalue weighted by molar-refractivity contribution is 0.0954. The predicted octanol–water partition coefficient (Wildman–Crippen LogP) is -0.0907. The minimum atomic E-state index is 0. The first-order valence-corrected chi connectivity index (χ1v) is 7.84. The second-order valence-electron chi connectivity index (χ2n) is 6.23. The van der Waals surface area contributed by atoms with E-state index in [4.69, 9.17) is 0 Å². The zero-order valence-electron chi connectivity index (χ0n) is 12.3. The van der Waals surface area contributed by atoms with Gasteiger partial charge in [-0.25, -0.2) is 4.68 Å². The third kappa shape index (κ3) is 3.36. The molecule has 118 valence electrons. The molecular formula is C13H24ClN7. The van der Waals surface area contributed by atoms with Crippen molar-refractivity contribution in [3.63, 3.8) is 0 Å². The first-order chi connectivity index (χ1) is 9.90. The van der Waals surface area contributed by atoms with E-state index in [2.05, 4.69) is 30.6 Å². The molecule has 1 aromatic heterocycles. The van der Waals surface area contributed by atoms with Crippen LogP contribution in [0.2, 0.25) is 0 Å². The fourth-order valence-electron chi connectivity index (χ4n) is 3.36. The summed E-state index contributed by atoms with van der Waals surface area (Å²) in [7, 11) is 0. The summed E-state index contributed by atoms with van der Waals surface area (Å²) in [4.78, 5) is 5.13. The van der Waals surface area contributed by atoms with E-state index in [1.54, 1.807) is 0 Å². The molecule has 8 heteroatoms. The predicted molar refractivity (Wildman–Crippen MR) is 81.5 cm³/mol. The number of halogens is 1. The minimum Gasteiger partial charge on any atom is -0.315 e. The molecule has 4 rings (SSSR count). The maximum atomic E-state index is 4.20. The Balaban J connectivity index is 0.00000132. The summed E-state index contributed by atoms with van der Waals surface area (Å²) >= 11 is 0. The Hall–Kier alpha value is -0.760. The molecule has 3 fully saturated rings. The Morgan fingerprint density at radius 1 is 1.05 bits per heavy atom. The van der Waals surface area contributed by atoms with Gasteiger partial charge in [-0.05, 0) is 36.2 Å². The number of hydrogen-bond acceptors (Lipinski definition) is 6. The molecular weight excluding hydrogens is 290 g/mol. The molecule has 0 radical (unpaired) electrons. The Bertz CT molecular complexity index is 447. The highest BCUT2D eigenvalue weighted by atomic mass is 35.5. The number of piperazine rings is 1. The molecule has 1 aromatic rings. The Morgan fingerprint density at radius 2 is 1.86 bits per heavy atom. The van der Waals surface area contributed by atoms with E-state index < -0.39 is 0 Å². The van der Waals surface area contributed by atoms with Crippen molar-refractivity contribution in [3.8, 4) is 0 Å². The molecule has 3 heterocycles. The van der Waals surface area contributed by atoms with E-state index in [-0.39, 0.29) is 12.4 Å². The van der Waals surface area contributed by atoms with E-state index in [1.807, 2.05) is 4.68 Å². The normalized spacial score (nSPS) is 27.7. The van der Waals surface area contributed by atoms with Crippen LogP contribution in [0.25, 0.3) is 0 Å². The lowest BCUT2D eigenvalue weighted by atomic mass is 10.2. The fraction of sp³-hybridized carbons (Fsp3) is 0.923. The quantitative estimate of drug-likeness (QED) is 0.838. The first kappa shape index (κ1) is 15.1. The first-order valence-electron chi connectivity index (χ1n) is 7.84. The van der Waals surface area contributed by atoms with Crippen molar-refractivity contribution in [1.82, 2.24) is 35.3 Å². The van der Waals surface area contributed by atoms with E-state index in [9.17, 15) is 0 Å². The van der Waals surface area contributed by atoms with Gasteiger partial charge in [-0.15, -0.1) is 17.5 Å². The van der Waals surface area contributed by atoms with Crippen molar-refractivity contribution in [2.45, 2.75) is 37.9 Å². The van der Waals surface area contributed by atoms with Gasteiger partial charge in [0.1, 0.15) is 0 Å². The van der Waals surface area contributed by atoms with Crippen molar-refractivity contribution in [2.24, 2.45) is 0 Å². The van der Waals surface area contributed by atoms with Gasteiger partial charge in [0.05, 0.1) is 12.6 Å². The number of rotatable bonds is 4. The molecule has 3 aliphatic rings. The van der Waals surface area contributed by atoms with Crippen LogP contribution in [0, 0.1) is 0 Å². The van der Waals surface area contributed by atoms with Crippen LogP contribution in [0.15, 0.2) is 0 Å². The van der Waals surface area contributed by atoms with Crippen molar-refractivity contribution < 1.29 is 0 Å². The van der Waals surface area contributed by atoms with Crippen molar-refractivity contribution in [2.75, 3.05) is 39.3 Å². The largest absolute Gasteiger partial charge is 0.315 e. The summed E-state index contributed by atoms with van der Waals surface area (Å²) < 4.78 is 2.03. The van der Waals surface area contributed by atoms with Crippen LogP contribution in [0.5, 0.6) is 0 Å². The summed E-state index contributed by atoms with van der Waals surface area (Å²) in [6.45, 7) is 7.87. The number of nitrogens with zero attached hydrogens (tertiary/aromatic N) is 6. The van der Waals surface area contributed by atoms with Crippen LogP contribution in [0.4, 0.5) is 0 Å². The van der Waals surface area contributed by atoms with Crippen molar-refractivity contribution in [3.05, 3.63) is 5.82 Å². The van der Waals surface area contributed by atoms with Gasteiger partial charge in [0.25, 0.3) is 0 Å². The molecule has 0 bridgehead atoms. The summed E-state index contributed by atoms with van der Waals surface area (Å²) in [5, 5.41) is 15.6. The number of hydrogen-bond donors (Lipinski definition) is 1. The molecule has 21 heavy (non-hydrogen) atoms. The van der Waals surface area contributed by atoms with Gasteiger partial charge < -0.3 is 5.32 Å². The second-order valence-corrected chi connectivity index (χ2v) is 6.23. The van der Waals surface area contributed by atoms with Crippen LogP contribution in [0.1, 0.15) is 31.1 Å². The van der Waals surface area contributed by atoms with Gasteiger partial charge in [-0.3, -0.25) is 9.80 Å². The molecule has 1 atom stereocenters. The molecule has 7 nitrogen and oxygen atoms in total. The molecule has 2 saturated heterocycles. The van der Waals surface area contributed by atoms with Crippen LogP contribution in [0.3, 0.4) is 0 Å². The van der Waals surface area contributed by atoms with Gasteiger partial charge in [0.2, 0.25) is 0 Å². The highest BCUT2D eigenvalue weighted by molar-refractivity contribution is 5.85. The topological polar surface area (TPSA) is 62.1 Å². The number of tetrazole rings is 1. The average molecular weight is 314 g/mol. The van der Waals surface area contributed by atoms with Gasteiger partial charge in [0.15, 0.2) is 5.82 Å². The molecule has 0 amide bonds. The van der Waals surface area contributed by atoms with Gasteiger partial charge in [-0.2, -0.15) is 0 Å². The Kier molecular flexibility index (Phi) is 4.73. The van der Waals surface area contributed by atoms with Crippen LogP contribution >= 0.6 is 12.4 Å². The van der Waals surface area contributed by atoms with E-state index >= 15 is 0 Å². The average Bonchev–Trinajstić information content (AvgIpc) is 3.00. The highest BCUT2D eigenvalue weighted by Gasteiger charge is 2.30. The van der Waals surface area contributed by atoms with Gasteiger partial charge in [-0.1, -0.05) is 0 Å². The third-order valence-corrected chi connectivity index (χ3v) is 4.78. The maximum absolute atomic E-state index is 4.20. The maximum Gasteiger partial charge on any atom is 0.165 e. The van der Waals surface area contributed by atoms with E-state index in [1.165, 1.54) is 45.4 Å². The van der Waals surface area contributed by atoms with Crippen molar-refractivity contribution in [1.29, 1.82) is 0 Å². The standard InChI is InChI=1S/C13H23N7.ClH/c1-2-11(1)20-13(15-16-17-20)10-18-5-7-19(8-6-18)12-3-4-14-9-12;/h11-12,14H,1-10H2;1H. The van der Waals surface area contributed by atoms with Crippen LogP contribution < -0.4 is 5.32 Å². The molecule has 1 aliphatic carbocycles. The Morgan fingerprint density at radius 3 is 2.52 bits per heavy atom. The lowest BCUT2D eigenvalue weighted by Gasteiger charge is -2.37. The number of aromatic nitrogens is 4. The molecule has 0 aromatic carbocycles. The molecule has 1 saturated carbocycles. The smallest absolute Gasteiger partial charge is 0.165 e. The van der Waals surface area contributed by atoms with E-state index in [0.29, 0.717) is 6.04 Å².